The van der Waals surface area contributed by atoms with E-state index in [1.807, 2.05) is 0 Å². The maximum atomic E-state index is 10.6. The van der Waals surface area contributed by atoms with Crippen molar-refractivity contribution < 1.29 is 19.3 Å². The maximum Gasteiger partial charge on any atom is 0.167 e. The minimum atomic E-state index is -0.913. The van der Waals surface area contributed by atoms with Gasteiger partial charge in [-0.3, -0.25) is 4.57 Å². The third-order valence-corrected chi connectivity index (χ3v) is 3.71. The van der Waals surface area contributed by atoms with Gasteiger partial charge in [-0.1, -0.05) is 6.08 Å². The van der Waals surface area contributed by atoms with Crippen molar-refractivity contribution in [3.8, 4) is 0 Å². The van der Waals surface area contributed by atoms with Crippen LogP contribution in [0.5, 0.6) is 0 Å². The van der Waals surface area contributed by atoms with Crippen molar-refractivity contribution in [1.29, 1.82) is 0 Å². The average Bonchev–Trinajstić information content (AvgIpc) is 3.09. The molecule has 2 aromatic heterocycles. The first-order chi connectivity index (χ1) is 11.2. The van der Waals surface area contributed by atoms with Crippen molar-refractivity contribution in [3.63, 3.8) is 0 Å². The first kappa shape index (κ1) is 15.8. The molecule has 0 aromatic carbocycles. The molecule has 1 fully saturated rings. The lowest BCUT2D eigenvalue weighted by Gasteiger charge is -2.19. The Kier molecular flexibility index (Phi) is 4.53. The largest absolute Gasteiger partial charge is 0.386 e. The number of rotatable bonds is 6. The highest BCUT2D eigenvalue weighted by Crippen LogP contribution is 2.33. The van der Waals surface area contributed by atoms with E-state index in [4.69, 9.17) is 19.9 Å². The molecule has 1 aliphatic rings. The van der Waals surface area contributed by atoms with Crippen LogP contribution in [0.1, 0.15) is 6.23 Å². The molecule has 124 valence electrons. The van der Waals surface area contributed by atoms with Crippen molar-refractivity contribution in [1.82, 2.24) is 19.5 Å². The third-order valence-electron chi connectivity index (χ3n) is 3.71. The van der Waals surface area contributed by atoms with E-state index in [2.05, 4.69) is 21.5 Å². The summed E-state index contributed by atoms with van der Waals surface area (Å²) in [5, 5.41) is 10.6. The first-order valence-corrected chi connectivity index (χ1v) is 7.15. The van der Waals surface area contributed by atoms with Gasteiger partial charge in [0, 0.05) is 7.11 Å². The molecule has 1 saturated heterocycles. The molecule has 0 spiro atoms. The van der Waals surface area contributed by atoms with Crippen LogP contribution in [0.25, 0.3) is 11.2 Å². The Balaban J connectivity index is 1.92. The summed E-state index contributed by atoms with van der Waals surface area (Å²) in [4.78, 5) is 12.3. The van der Waals surface area contributed by atoms with Crippen LogP contribution in [0.4, 0.5) is 5.82 Å². The highest BCUT2D eigenvalue weighted by molar-refractivity contribution is 5.81. The minimum Gasteiger partial charge on any atom is -0.386 e. The van der Waals surface area contributed by atoms with Crippen molar-refractivity contribution in [3.05, 3.63) is 25.3 Å². The normalized spacial score (nSPS) is 27.6. The van der Waals surface area contributed by atoms with Gasteiger partial charge >= 0.3 is 0 Å². The SMILES string of the molecule is C=CCO[C@@H]1[C@@H](O)[C@H](n2cnc3c(N)ncnc32)O[C@@H]1COC. The second kappa shape index (κ2) is 6.59. The standard InChI is InChI=1S/C14H19N5O4/c1-3-4-22-11-8(5-21-2)23-14(10(11)20)19-7-18-9-12(15)16-6-17-13(9)19/h3,6-8,10-11,14,20H,1,4-5H2,2H3,(H2,15,16,17)/t8-,10-,11+,14-/m1/s1. The van der Waals surface area contributed by atoms with E-state index in [1.165, 1.54) is 12.7 Å². The number of hydrogen-bond donors (Lipinski definition) is 2. The average molecular weight is 321 g/mol. The molecule has 0 saturated carbocycles. The predicted octanol–water partition coefficient (Wildman–Crippen LogP) is -0.116. The van der Waals surface area contributed by atoms with Crippen LogP contribution < -0.4 is 5.73 Å². The van der Waals surface area contributed by atoms with Gasteiger partial charge in [0.05, 0.1) is 19.5 Å². The molecule has 9 nitrogen and oxygen atoms in total. The van der Waals surface area contributed by atoms with Gasteiger partial charge in [0.25, 0.3) is 0 Å². The van der Waals surface area contributed by atoms with Crippen LogP contribution in [0, 0.1) is 0 Å². The number of nitrogens with two attached hydrogens (primary N) is 1. The monoisotopic (exact) mass is 321 g/mol. The van der Waals surface area contributed by atoms with Gasteiger partial charge in [-0.2, -0.15) is 0 Å². The summed E-state index contributed by atoms with van der Waals surface area (Å²) in [7, 11) is 1.56. The molecular weight excluding hydrogens is 302 g/mol. The second-order valence-corrected chi connectivity index (χ2v) is 5.18. The Bertz CT molecular complexity index is 691. The summed E-state index contributed by atoms with van der Waals surface area (Å²) in [6.07, 6.45) is 1.89. The number of anilines is 1. The lowest BCUT2D eigenvalue weighted by Crippen LogP contribution is -2.36. The Morgan fingerprint density at radius 2 is 2.30 bits per heavy atom. The Morgan fingerprint density at radius 3 is 3.04 bits per heavy atom. The van der Waals surface area contributed by atoms with Crippen LogP contribution in [0.3, 0.4) is 0 Å². The minimum absolute atomic E-state index is 0.272. The molecule has 0 radical (unpaired) electrons. The number of nitrogens with zero attached hydrogens (tertiary/aromatic N) is 4. The highest BCUT2D eigenvalue weighted by Gasteiger charge is 2.45. The second-order valence-electron chi connectivity index (χ2n) is 5.18. The zero-order chi connectivity index (χ0) is 16.4. The number of fused-ring (bicyclic) bond motifs is 1. The van der Waals surface area contributed by atoms with E-state index in [1.54, 1.807) is 17.8 Å². The van der Waals surface area contributed by atoms with Crippen LogP contribution in [-0.2, 0) is 14.2 Å². The van der Waals surface area contributed by atoms with Gasteiger partial charge in [0.1, 0.15) is 30.2 Å². The summed E-state index contributed by atoms with van der Waals surface area (Å²) in [6.45, 7) is 4.21. The highest BCUT2D eigenvalue weighted by atomic mass is 16.6. The Labute approximate surface area is 132 Å². The van der Waals surface area contributed by atoms with Crippen LogP contribution in [0.2, 0.25) is 0 Å². The smallest absolute Gasteiger partial charge is 0.167 e. The first-order valence-electron chi connectivity index (χ1n) is 7.15. The van der Waals surface area contributed by atoms with Crippen molar-refractivity contribution in [2.75, 3.05) is 26.1 Å². The van der Waals surface area contributed by atoms with Crippen molar-refractivity contribution in [2.45, 2.75) is 24.5 Å². The molecule has 0 amide bonds. The number of aromatic nitrogens is 4. The van der Waals surface area contributed by atoms with Gasteiger partial charge in [0.2, 0.25) is 0 Å². The molecule has 23 heavy (non-hydrogen) atoms. The number of imidazole rings is 1. The Hall–Kier alpha value is -2.07. The van der Waals surface area contributed by atoms with Gasteiger partial charge in [-0.25, -0.2) is 15.0 Å². The molecular formula is C14H19N5O4. The maximum absolute atomic E-state index is 10.6. The molecule has 1 aliphatic heterocycles. The summed E-state index contributed by atoms with van der Waals surface area (Å²) < 4.78 is 18.3. The Morgan fingerprint density at radius 1 is 1.48 bits per heavy atom. The zero-order valence-electron chi connectivity index (χ0n) is 12.7. The van der Waals surface area contributed by atoms with E-state index in [-0.39, 0.29) is 5.82 Å². The van der Waals surface area contributed by atoms with E-state index in [9.17, 15) is 5.11 Å². The summed E-state index contributed by atoms with van der Waals surface area (Å²) in [5.41, 5.74) is 6.73. The number of aliphatic hydroxyl groups is 1. The van der Waals surface area contributed by atoms with Gasteiger partial charge < -0.3 is 25.1 Å². The molecule has 2 aromatic rings. The molecule has 3 heterocycles. The lowest BCUT2D eigenvalue weighted by molar-refractivity contribution is -0.0645. The van der Waals surface area contributed by atoms with Crippen LogP contribution in [0.15, 0.2) is 25.3 Å². The zero-order valence-corrected chi connectivity index (χ0v) is 12.7. The quantitative estimate of drug-likeness (QED) is 0.707. The van der Waals surface area contributed by atoms with E-state index in [0.717, 1.165) is 0 Å². The molecule has 0 aliphatic carbocycles. The number of aliphatic hydroxyl groups excluding tert-OH is 1. The van der Waals surface area contributed by atoms with Gasteiger partial charge in [-0.15, -0.1) is 6.58 Å². The fourth-order valence-electron chi connectivity index (χ4n) is 2.69. The topological polar surface area (TPSA) is 118 Å². The van der Waals surface area contributed by atoms with E-state index < -0.39 is 24.5 Å². The van der Waals surface area contributed by atoms with E-state index >= 15 is 0 Å². The molecule has 0 unspecified atom stereocenters. The van der Waals surface area contributed by atoms with Crippen LogP contribution >= 0.6 is 0 Å². The number of methoxy groups -OCH3 is 1. The van der Waals surface area contributed by atoms with Crippen LogP contribution in [-0.4, -0.2) is 63.3 Å². The van der Waals surface area contributed by atoms with Crippen molar-refractivity contribution in [2.24, 2.45) is 0 Å². The molecule has 0 bridgehead atoms. The number of ether oxygens (including phenoxy) is 3. The third kappa shape index (κ3) is 2.79. The molecule has 3 N–H and O–H groups in total. The number of nitrogen functional groups attached to an aromatic ring is 1. The fourth-order valence-corrected chi connectivity index (χ4v) is 2.69. The van der Waals surface area contributed by atoms with Gasteiger partial charge in [0.15, 0.2) is 17.7 Å². The number of hydrogen-bond acceptors (Lipinski definition) is 8. The lowest BCUT2D eigenvalue weighted by atomic mass is 10.1. The van der Waals surface area contributed by atoms with E-state index in [0.29, 0.717) is 24.4 Å². The van der Waals surface area contributed by atoms with Gasteiger partial charge in [-0.05, 0) is 0 Å². The predicted molar refractivity (Wildman–Crippen MR) is 81.5 cm³/mol. The molecule has 3 rings (SSSR count). The summed E-state index contributed by atoms with van der Waals surface area (Å²) in [6, 6.07) is 0. The van der Waals surface area contributed by atoms with Crippen molar-refractivity contribution >= 4 is 17.0 Å². The molecule has 9 heteroatoms. The molecule has 4 atom stereocenters. The summed E-state index contributed by atoms with van der Waals surface area (Å²) in [5.74, 6) is 0.272. The summed E-state index contributed by atoms with van der Waals surface area (Å²) >= 11 is 0. The fraction of sp³-hybridized carbons (Fsp3) is 0.500.